The highest BCUT2D eigenvalue weighted by atomic mass is 16.5. The summed E-state index contributed by atoms with van der Waals surface area (Å²) in [6.07, 6.45) is 2.87. The van der Waals surface area contributed by atoms with E-state index >= 15 is 0 Å². The molecular weight excluding hydrogens is 408 g/mol. The first-order valence-corrected chi connectivity index (χ1v) is 11.8. The average molecular weight is 437 g/mol. The zero-order valence-corrected chi connectivity index (χ0v) is 18.9. The average Bonchev–Trinajstić information content (AvgIpc) is 3.24. The van der Waals surface area contributed by atoms with E-state index in [1.807, 2.05) is 36.4 Å². The van der Waals surface area contributed by atoms with Crippen molar-refractivity contribution in [3.05, 3.63) is 101 Å². The minimum absolute atomic E-state index is 0.0180. The van der Waals surface area contributed by atoms with E-state index in [1.165, 1.54) is 27.7 Å². The summed E-state index contributed by atoms with van der Waals surface area (Å²) in [5.41, 5.74) is 6.05. The molecule has 4 heteroatoms. The first-order valence-electron chi connectivity index (χ1n) is 11.8. The van der Waals surface area contributed by atoms with Crippen LogP contribution in [0.1, 0.15) is 33.6 Å². The number of benzene rings is 3. The Bertz CT molecular complexity index is 1330. The molecule has 33 heavy (non-hydrogen) atoms. The fraction of sp³-hybridized carbons (Fsp3) is 0.276. The molecule has 0 spiro atoms. The summed E-state index contributed by atoms with van der Waals surface area (Å²) >= 11 is 0. The maximum atomic E-state index is 13.3. The second-order valence-corrected chi connectivity index (χ2v) is 9.46. The number of carbonyl (C=O) groups excluding carboxylic acids is 1. The van der Waals surface area contributed by atoms with Crippen LogP contribution < -0.4 is 4.74 Å². The molecule has 1 fully saturated rings. The quantitative estimate of drug-likeness (QED) is 0.469. The zero-order chi connectivity index (χ0) is 22.4. The third kappa shape index (κ3) is 3.24. The van der Waals surface area contributed by atoms with Crippen molar-refractivity contribution in [2.45, 2.75) is 24.7 Å². The van der Waals surface area contributed by atoms with Gasteiger partial charge in [-0.25, -0.2) is 0 Å². The smallest absolute Gasteiger partial charge is 0.253 e. The topological polar surface area (TPSA) is 45.3 Å². The first-order chi connectivity index (χ1) is 16.2. The summed E-state index contributed by atoms with van der Waals surface area (Å²) in [4.78, 5) is 19.1. The number of fused-ring (bicyclic) bond motifs is 4. The van der Waals surface area contributed by atoms with Crippen molar-refractivity contribution in [3.8, 4) is 5.75 Å². The number of aromatic nitrogens is 1. The molecule has 1 aliphatic heterocycles. The monoisotopic (exact) mass is 436 g/mol. The van der Waals surface area contributed by atoms with E-state index in [0.717, 1.165) is 43.7 Å². The molecule has 0 saturated carbocycles. The van der Waals surface area contributed by atoms with Gasteiger partial charge in [-0.15, -0.1) is 0 Å². The summed E-state index contributed by atoms with van der Waals surface area (Å²) in [5, 5.41) is 1.32. The SMILES string of the molecule is COc1cccc(C23CCN(C(=O)c4ccccc4)CC2Cc2c([nH]c4ccccc24)C3)c1. The summed E-state index contributed by atoms with van der Waals surface area (Å²) in [6.45, 7) is 1.53. The van der Waals surface area contributed by atoms with Gasteiger partial charge in [0.15, 0.2) is 0 Å². The van der Waals surface area contributed by atoms with E-state index in [4.69, 9.17) is 4.74 Å². The third-order valence-corrected chi connectivity index (χ3v) is 7.85. The van der Waals surface area contributed by atoms with Gasteiger partial charge in [-0.2, -0.15) is 0 Å². The summed E-state index contributed by atoms with van der Waals surface area (Å²) in [7, 11) is 1.73. The number of likely N-dealkylation sites (tertiary alicyclic amines) is 1. The highest BCUT2D eigenvalue weighted by molar-refractivity contribution is 5.94. The normalized spacial score (nSPS) is 22.0. The molecule has 1 amide bonds. The number of para-hydroxylation sites is 1. The van der Waals surface area contributed by atoms with Crippen LogP contribution in [0.5, 0.6) is 5.75 Å². The maximum absolute atomic E-state index is 13.3. The number of nitrogens with one attached hydrogen (secondary N) is 1. The van der Waals surface area contributed by atoms with Gasteiger partial charge in [0.2, 0.25) is 0 Å². The Labute approximate surface area is 194 Å². The summed E-state index contributed by atoms with van der Waals surface area (Å²) < 4.78 is 5.58. The van der Waals surface area contributed by atoms with Crippen LogP contribution in [0.3, 0.4) is 0 Å². The molecule has 4 aromatic rings. The molecule has 1 aliphatic carbocycles. The van der Waals surface area contributed by atoms with Crippen molar-refractivity contribution < 1.29 is 9.53 Å². The highest BCUT2D eigenvalue weighted by Crippen LogP contribution is 2.49. The van der Waals surface area contributed by atoms with Crippen molar-refractivity contribution in [2.24, 2.45) is 5.92 Å². The van der Waals surface area contributed by atoms with E-state index in [0.29, 0.717) is 5.92 Å². The van der Waals surface area contributed by atoms with Gasteiger partial charge < -0.3 is 14.6 Å². The van der Waals surface area contributed by atoms with E-state index in [1.54, 1.807) is 7.11 Å². The lowest BCUT2D eigenvalue weighted by atomic mass is 9.58. The Kier molecular flexibility index (Phi) is 4.75. The molecule has 2 unspecified atom stereocenters. The Morgan fingerprint density at radius 3 is 2.70 bits per heavy atom. The minimum Gasteiger partial charge on any atom is -0.497 e. The molecule has 2 atom stereocenters. The van der Waals surface area contributed by atoms with E-state index < -0.39 is 0 Å². The maximum Gasteiger partial charge on any atom is 0.253 e. The summed E-state index contributed by atoms with van der Waals surface area (Å²) in [5.74, 6) is 1.38. The van der Waals surface area contributed by atoms with Crippen LogP contribution in [0.15, 0.2) is 78.9 Å². The van der Waals surface area contributed by atoms with Crippen LogP contribution in [-0.2, 0) is 18.3 Å². The van der Waals surface area contributed by atoms with Gasteiger partial charge in [-0.05, 0) is 66.6 Å². The largest absolute Gasteiger partial charge is 0.497 e. The molecule has 4 nitrogen and oxygen atoms in total. The number of aromatic amines is 1. The zero-order valence-electron chi connectivity index (χ0n) is 18.9. The van der Waals surface area contributed by atoms with Crippen molar-refractivity contribution in [3.63, 3.8) is 0 Å². The van der Waals surface area contributed by atoms with Gasteiger partial charge >= 0.3 is 0 Å². The number of hydrogen-bond acceptors (Lipinski definition) is 2. The molecule has 0 bridgehead atoms. The molecule has 0 radical (unpaired) electrons. The van der Waals surface area contributed by atoms with Gasteiger partial charge in [0.05, 0.1) is 7.11 Å². The number of hydrogen-bond donors (Lipinski definition) is 1. The van der Waals surface area contributed by atoms with Crippen molar-refractivity contribution in [1.82, 2.24) is 9.88 Å². The number of rotatable bonds is 3. The lowest BCUT2D eigenvalue weighted by Gasteiger charge is -2.51. The van der Waals surface area contributed by atoms with Crippen molar-refractivity contribution >= 4 is 16.8 Å². The molecule has 2 aliphatic rings. The molecule has 1 aromatic heterocycles. The van der Waals surface area contributed by atoms with Crippen LogP contribution in [0.4, 0.5) is 0 Å². The second-order valence-electron chi connectivity index (χ2n) is 9.46. The fourth-order valence-corrected chi connectivity index (χ4v) is 6.13. The van der Waals surface area contributed by atoms with Crippen molar-refractivity contribution in [2.75, 3.05) is 20.2 Å². The van der Waals surface area contributed by atoms with Crippen molar-refractivity contribution in [1.29, 1.82) is 0 Å². The fourth-order valence-electron chi connectivity index (χ4n) is 6.13. The number of amides is 1. The molecule has 1 saturated heterocycles. The van der Waals surface area contributed by atoms with E-state index in [-0.39, 0.29) is 11.3 Å². The van der Waals surface area contributed by atoms with Gasteiger partial charge in [0.1, 0.15) is 5.75 Å². The highest BCUT2D eigenvalue weighted by Gasteiger charge is 2.49. The molecule has 6 rings (SSSR count). The lowest BCUT2D eigenvalue weighted by molar-refractivity contribution is 0.0501. The Balaban J connectivity index is 1.43. The van der Waals surface area contributed by atoms with E-state index in [2.05, 4.69) is 52.3 Å². The Hall–Kier alpha value is -3.53. The first kappa shape index (κ1) is 20.1. The molecular formula is C29H28N2O2. The minimum atomic E-state index is -0.0180. The van der Waals surface area contributed by atoms with Gasteiger partial charge in [-0.1, -0.05) is 48.5 Å². The number of piperidine rings is 1. The number of methoxy groups -OCH3 is 1. The number of ether oxygens (including phenoxy) is 1. The van der Waals surface area contributed by atoms with Crippen LogP contribution in [-0.4, -0.2) is 36.0 Å². The Morgan fingerprint density at radius 1 is 1.03 bits per heavy atom. The van der Waals surface area contributed by atoms with Gasteiger partial charge in [0.25, 0.3) is 5.91 Å². The summed E-state index contributed by atoms with van der Waals surface area (Å²) in [6, 6.07) is 26.8. The molecule has 2 heterocycles. The van der Waals surface area contributed by atoms with Crippen LogP contribution in [0.2, 0.25) is 0 Å². The molecule has 1 N–H and O–H groups in total. The predicted molar refractivity (Wildman–Crippen MR) is 131 cm³/mol. The van der Waals surface area contributed by atoms with Crippen LogP contribution >= 0.6 is 0 Å². The number of nitrogens with zero attached hydrogens (tertiary/aromatic N) is 1. The third-order valence-electron chi connectivity index (χ3n) is 7.85. The second kappa shape index (κ2) is 7.80. The van der Waals surface area contributed by atoms with E-state index in [9.17, 15) is 4.79 Å². The molecule has 3 aromatic carbocycles. The Morgan fingerprint density at radius 2 is 1.85 bits per heavy atom. The van der Waals surface area contributed by atoms with Gasteiger partial charge in [0, 0.05) is 40.7 Å². The van der Waals surface area contributed by atoms with Crippen LogP contribution in [0.25, 0.3) is 10.9 Å². The van der Waals surface area contributed by atoms with Gasteiger partial charge in [-0.3, -0.25) is 4.79 Å². The number of H-pyrrole nitrogens is 1. The predicted octanol–water partition coefficient (Wildman–Crippen LogP) is 5.38. The number of carbonyl (C=O) groups is 1. The van der Waals surface area contributed by atoms with Crippen LogP contribution in [0, 0.1) is 5.92 Å². The molecule has 166 valence electrons. The standard InChI is InChI=1S/C29H28N2O2/c1-33-23-11-7-10-21(16-23)29-14-15-31(28(32)20-8-3-2-4-9-20)19-22(29)17-25-24-12-5-6-13-26(24)30-27(25)18-29/h2-13,16,22,30H,14-15,17-19H2,1H3. The lowest BCUT2D eigenvalue weighted by Crippen LogP contribution is -2.55.